The van der Waals surface area contributed by atoms with Crippen LogP contribution in [0, 0.1) is 0 Å². The van der Waals surface area contributed by atoms with Crippen LogP contribution < -0.4 is 4.74 Å². The van der Waals surface area contributed by atoms with E-state index in [1.807, 2.05) is 0 Å². The van der Waals surface area contributed by atoms with Crippen LogP contribution in [0.15, 0.2) is 10.7 Å². The number of hydrogen-bond donors (Lipinski definition) is 1. The Morgan fingerprint density at radius 2 is 2.60 bits per heavy atom. The number of rotatable bonds is 1. The van der Waals surface area contributed by atoms with E-state index in [0.717, 1.165) is 4.47 Å². The number of fused-ring (bicyclic) bond motifs is 1. The van der Waals surface area contributed by atoms with Gasteiger partial charge in [-0.3, -0.25) is 0 Å². The van der Waals surface area contributed by atoms with Crippen LogP contribution in [0.4, 0.5) is 4.79 Å². The molecular weight excluding hydrogens is 266 g/mol. The van der Waals surface area contributed by atoms with E-state index in [9.17, 15) is 4.79 Å². The first kappa shape index (κ1) is 10.3. The monoisotopic (exact) mass is 275 g/mol. The summed E-state index contributed by atoms with van der Waals surface area (Å²) in [5, 5.41) is 12.9. The van der Waals surface area contributed by atoms with Crippen molar-refractivity contribution < 1.29 is 14.6 Å². The summed E-state index contributed by atoms with van der Waals surface area (Å²) in [5.74, 6) is 0.657. The smallest absolute Gasteiger partial charge is 0.407 e. The van der Waals surface area contributed by atoms with Gasteiger partial charge >= 0.3 is 6.09 Å². The van der Waals surface area contributed by atoms with E-state index in [1.54, 1.807) is 10.9 Å². The van der Waals surface area contributed by atoms with Crippen LogP contribution in [0.3, 0.4) is 0 Å². The maximum absolute atomic E-state index is 10.7. The van der Waals surface area contributed by atoms with Crippen LogP contribution >= 0.6 is 15.9 Å². The second kappa shape index (κ2) is 3.73. The number of halogens is 1. The first-order valence-corrected chi connectivity index (χ1v) is 5.18. The molecule has 2 heterocycles. The molecule has 1 aromatic rings. The first-order chi connectivity index (χ1) is 7.09. The van der Waals surface area contributed by atoms with Gasteiger partial charge in [-0.25, -0.2) is 9.48 Å². The van der Waals surface area contributed by atoms with E-state index in [2.05, 4.69) is 21.0 Å². The summed E-state index contributed by atoms with van der Waals surface area (Å²) >= 11 is 3.30. The fourth-order valence-electron chi connectivity index (χ4n) is 1.44. The zero-order valence-electron chi connectivity index (χ0n) is 8.05. The maximum atomic E-state index is 10.7. The van der Waals surface area contributed by atoms with Gasteiger partial charge in [0.25, 0.3) is 0 Å². The van der Waals surface area contributed by atoms with Gasteiger partial charge in [0.2, 0.25) is 5.88 Å². The molecule has 0 radical (unpaired) electrons. The Kier molecular flexibility index (Phi) is 2.56. The van der Waals surface area contributed by atoms with Crippen LogP contribution in [-0.4, -0.2) is 45.6 Å². The molecule has 82 valence electrons. The van der Waals surface area contributed by atoms with Gasteiger partial charge in [-0.15, -0.1) is 0 Å². The summed E-state index contributed by atoms with van der Waals surface area (Å²) in [5.41, 5.74) is 0. The SMILES string of the molecule is CN(C(=O)O)[C@H]1COc2c(Br)cnn2C1. The third kappa shape index (κ3) is 1.79. The van der Waals surface area contributed by atoms with Gasteiger partial charge in [-0.05, 0) is 15.9 Å². The van der Waals surface area contributed by atoms with Gasteiger partial charge in [-0.1, -0.05) is 0 Å². The van der Waals surface area contributed by atoms with Crippen molar-refractivity contribution >= 4 is 22.0 Å². The van der Waals surface area contributed by atoms with Crippen molar-refractivity contribution in [1.29, 1.82) is 0 Å². The van der Waals surface area contributed by atoms with E-state index in [-0.39, 0.29) is 6.04 Å². The number of carboxylic acid groups (broad SMARTS) is 1. The molecule has 0 aromatic carbocycles. The molecule has 6 nitrogen and oxygen atoms in total. The average molecular weight is 276 g/mol. The highest BCUT2D eigenvalue weighted by Gasteiger charge is 2.27. The van der Waals surface area contributed by atoms with Gasteiger partial charge < -0.3 is 14.7 Å². The summed E-state index contributed by atoms with van der Waals surface area (Å²) in [4.78, 5) is 12.0. The summed E-state index contributed by atoms with van der Waals surface area (Å²) < 4.78 is 7.87. The molecule has 1 amide bonds. The van der Waals surface area contributed by atoms with Gasteiger partial charge in [0.05, 0.1) is 23.3 Å². The summed E-state index contributed by atoms with van der Waals surface area (Å²) in [6.07, 6.45) is 0.677. The number of aromatic nitrogens is 2. The zero-order valence-corrected chi connectivity index (χ0v) is 9.64. The second-order valence-corrected chi connectivity index (χ2v) is 4.19. The fourth-order valence-corrected chi connectivity index (χ4v) is 1.85. The lowest BCUT2D eigenvalue weighted by atomic mass is 10.2. The fraction of sp³-hybridized carbons (Fsp3) is 0.500. The molecule has 1 N–H and O–H groups in total. The number of carbonyl (C=O) groups is 1. The van der Waals surface area contributed by atoms with E-state index < -0.39 is 6.09 Å². The predicted octanol–water partition coefficient (Wildman–Crippen LogP) is 1.02. The molecule has 1 aliphatic heterocycles. The number of likely N-dealkylation sites (N-methyl/N-ethyl adjacent to an activating group) is 1. The quantitative estimate of drug-likeness (QED) is 0.831. The molecule has 0 spiro atoms. The highest BCUT2D eigenvalue weighted by atomic mass is 79.9. The predicted molar refractivity (Wildman–Crippen MR) is 55.0 cm³/mol. The molecule has 1 aliphatic rings. The van der Waals surface area contributed by atoms with Crippen LogP contribution in [0.2, 0.25) is 0 Å². The van der Waals surface area contributed by atoms with Crippen molar-refractivity contribution in [2.75, 3.05) is 13.7 Å². The van der Waals surface area contributed by atoms with Crippen molar-refractivity contribution in [3.8, 4) is 5.88 Å². The van der Waals surface area contributed by atoms with Gasteiger partial charge in [-0.2, -0.15) is 5.10 Å². The number of ether oxygens (including phenoxy) is 1. The Morgan fingerprint density at radius 3 is 3.27 bits per heavy atom. The molecule has 15 heavy (non-hydrogen) atoms. The Bertz CT molecular complexity index is 392. The molecule has 0 bridgehead atoms. The average Bonchev–Trinajstić information content (AvgIpc) is 2.59. The van der Waals surface area contributed by atoms with Crippen LogP contribution in [0.1, 0.15) is 0 Å². The van der Waals surface area contributed by atoms with Gasteiger partial charge in [0, 0.05) is 7.05 Å². The Labute approximate surface area is 94.6 Å². The van der Waals surface area contributed by atoms with Crippen molar-refractivity contribution in [1.82, 2.24) is 14.7 Å². The third-order valence-electron chi connectivity index (χ3n) is 2.39. The lowest BCUT2D eigenvalue weighted by molar-refractivity contribution is 0.0886. The minimum absolute atomic E-state index is 0.193. The van der Waals surface area contributed by atoms with Crippen molar-refractivity contribution in [3.05, 3.63) is 10.7 Å². The minimum atomic E-state index is -0.960. The molecule has 1 atom stereocenters. The summed E-state index contributed by atoms with van der Waals surface area (Å²) in [6.45, 7) is 0.872. The molecule has 0 saturated carbocycles. The Hall–Kier alpha value is -1.24. The number of amides is 1. The van der Waals surface area contributed by atoms with Crippen molar-refractivity contribution in [2.24, 2.45) is 0 Å². The van der Waals surface area contributed by atoms with E-state index in [0.29, 0.717) is 19.0 Å². The van der Waals surface area contributed by atoms with Crippen LogP contribution in [0.25, 0.3) is 0 Å². The number of hydrogen-bond acceptors (Lipinski definition) is 3. The molecule has 0 aliphatic carbocycles. The zero-order chi connectivity index (χ0) is 11.0. The third-order valence-corrected chi connectivity index (χ3v) is 2.94. The topological polar surface area (TPSA) is 67.6 Å². The molecular formula is C8H10BrN3O3. The lowest BCUT2D eigenvalue weighted by Gasteiger charge is -2.29. The molecule has 0 saturated heterocycles. The highest BCUT2D eigenvalue weighted by molar-refractivity contribution is 9.10. The van der Waals surface area contributed by atoms with E-state index in [1.165, 1.54) is 11.9 Å². The van der Waals surface area contributed by atoms with Crippen molar-refractivity contribution in [3.63, 3.8) is 0 Å². The standard InChI is InChI=1S/C8H10BrN3O3/c1-11(8(13)14)5-3-12-7(15-4-5)6(9)2-10-12/h2,5H,3-4H2,1H3,(H,13,14)/t5-/m1/s1. The van der Waals surface area contributed by atoms with E-state index >= 15 is 0 Å². The number of nitrogens with zero attached hydrogens (tertiary/aromatic N) is 3. The normalized spacial score (nSPS) is 19.2. The van der Waals surface area contributed by atoms with Gasteiger partial charge in [0.1, 0.15) is 6.61 Å². The molecule has 0 unspecified atom stereocenters. The van der Waals surface area contributed by atoms with Gasteiger partial charge in [0.15, 0.2) is 0 Å². The van der Waals surface area contributed by atoms with Crippen LogP contribution in [0.5, 0.6) is 5.88 Å². The minimum Gasteiger partial charge on any atom is -0.475 e. The molecule has 1 aromatic heterocycles. The van der Waals surface area contributed by atoms with E-state index in [4.69, 9.17) is 9.84 Å². The van der Waals surface area contributed by atoms with Crippen molar-refractivity contribution in [2.45, 2.75) is 12.6 Å². The van der Waals surface area contributed by atoms with Crippen LogP contribution in [-0.2, 0) is 6.54 Å². The first-order valence-electron chi connectivity index (χ1n) is 4.39. The lowest BCUT2D eigenvalue weighted by Crippen LogP contribution is -2.45. The Balaban J connectivity index is 2.15. The summed E-state index contributed by atoms with van der Waals surface area (Å²) in [7, 11) is 1.53. The largest absolute Gasteiger partial charge is 0.475 e. The molecule has 0 fully saturated rings. The highest BCUT2D eigenvalue weighted by Crippen LogP contribution is 2.27. The molecule has 7 heteroatoms. The Morgan fingerprint density at radius 1 is 1.87 bits per heavy atom. The molecule has 2 rings (SSSR count). The maximum Gasteiger partial charge on any atom is 0.407 e. The second-order valence-electron chi connectivity index (χ2n) is 3.34. The summed E-state index contributed by atoms with van der Waals surface area (Å²) in [6, 6.07) is -0.193.